The molecule has 7 nitrogen and oxygen atoms in total. The van der Waals surface area contributed by atoms with E-state index < -0.39 is 0 Å². The Kier molecular flexibility index (Phi) is 5.28. The summed E-state index contributed by atoms with van der Waals surface area (Å²) in [4.78, 5) is 12.0. The van der Waals surface area contributed by atoms with Crippen molar-refractivity contribution in [3.63, 3.8) is 0 Å². The number of hydrazone groups is 1. The minimum absolute atomic E-state index is 0.283. The van der Waals surface area contributed by atoms with E-state index in [0.29, 0.717) is 22.6 Å². The number of nitrogens with zero attached hydrogens (tertiary/aromatic N) is 2. The van der Waals surface area contributed by atoms with Gasteiger partial charge >= 0.3 is 0 Å². The van der Waals surface area contributed by atoms with Crippen LogP contribution >= 0.6 is 0 Å². The number of hydrogen-bond donors (Lipinski definition) is 2. The van der Waals surface area contributed by atoms with Crippen LogP contribution in [0.1, 0.15) is 15.9 Å². The number of nitrogens with one attached hydrogen (secondary N) is 2. The zero-order valence-electron chi connectivity index (χ0n) is 14.4. The van der Waals surface area contributed by atoms with Crippen LogP contribution in [0, 0.1) is 0 Å². The molecule has 0 aliphatic carbocycles. The Morgan fingerprint density at radius 2 is 1.96 bits per heavy atom. The van der Waals surface area contributed by atoms with Crippen molar-refractivity contribution < 1.29 is 14.3 Å². The van der Waals surface area contributed by atoms with E-state index in [4.69, 9.17) is 9.47 Å². The van der Waals surface area contributed by atoms with Gasteiger partial charge in [-0.15, -0.1) is 0 Å². The Hall–Kier alpha value is -3.61. The molecule has 0 fully saturated rings. The number of benzene rings is 2. The maximum Gasteiger partial charge on any atom is 0.271 e. The molecule has 1 aromatic heterocycles. The molecule has 0 radical (unpaired) electrons. The monoisotopic (exact) mass is 350 g/mol. The molecule has 2 N–H and O–H groups in total. The van der Waals surface area contributed by atoms with Gasteiger partial charge in [-0.25, -0.2) is 5.43 Å². The van der Waals surface area contributed by atoms with Gasteiger partial charge in [-0.2, -0.15) is 10.2 Å². The van der Waals surface area contributed by atoms with Gasteiger partial charge in [-0.3, -0.25) is 9.89 Å². The van der Waals surface area contributed by atoms with Gasteiger partial charge in [0.05, 0.1) is 32.3 Å². The van der Waals surface area contributed by atoms with Gasteiger partial charge in [0, 0.05) is 22.8 Å². The number of hydrogen-bond acceptors (Lipinski definition) is 5. The standard InChI is InChI=1S/C19H18N4O3/c1-25-15-8-9-16(17(10-15)26-2)18-14(11-20-22-18)12-21-23-19(24)13-6-4-3-5-7-13/h3-12H,1-2H3,(H,20,22)(H,23,24)/b21-12+. The molecule has 26 heavy (non-hydrogen) atoms. The highest BCUT2D eigenvalue weighted by molar-refractivity contribution is 5.95. The zero-order chi connectivity index (χ0) is 18.4. The molecular weight excluding hydrogens is 332 g/mol. The fourth-order valence-corrected chi connectivity index (χ4v) is 2.43. The molecule has 0 atom stereocenters. The van der Waals surface area contributed by atoms with Crippen LogP contribution in [-0.2, 0) is 0 Å². The van der Waals surface area contributed by atoms with E-state index in [1.54, 1.807) is 50.7 Å². The van der Waals surface area contributed by atoms with E-state index >= 15 is 0 Å². The van der Waals surface area contributed by atoms with Gasteiger partial charge in [0.15, 0.2) is 0 Å². The SMILES string of the molecule is COc1ccc(-c2[nH]ncc2/C=N/NC(=O)c2ccccc2)c(OC)c1. The summed E-state index contributed by atoms with van der Waals surface area (Å²) in [5, 5.41) is 11.0. The molecular formula is C19H18N4O3. The molecule has 1 amide bonds. The first-order chi connectivity index (χ1) is 12.7. The summed E-state index contributed by atoms with van der Waals surface area (Å²) >= 11 is 0. The van der Waals surface area contributed by atoms with E-state index in [-0.39, 0.29) is 5.91 Å². The Labute approximate surface area is 150 Å². The number of rotatable bonds is 6. The molecule has 3 rings (SSSR count). The molecule has 3 aromatic rings. The molecule has 2 aromatic carbocycles. The molecule has 0 saturated carbocycles. The van der Waals surface area contributed by atoms with Crippen LogP contribution < -0.4 is 14.9 Å². The van der Waals surface area contributed by atoms with E-state index in [1.165, 1.54) is 6.21 Å². The first-order valence-electron chi connectivity index (χ1n) is 7.87. The smallest absolute Gasteiger partial charge is 0.271 e. The number of carbonyl (C=O) groups is 1. The highest BCUT2D eigenvalue weighted by Gasteiger charge is 2.13. The molecule has 0 aliphatic rings. The maximum atomic E-state index is 12.0. The Morgan fingerprint density at radius 3 is 2.69 bits per heavy atom. The van der Waals surface area contributed by atoms with Crippen molar-refractivity contribution >= 4 is 12.1 Å². The van der Waals surface area contributed by atoms with Gasteiger partial charge < -0.3 is 9.47 Å². The summed E-state index contributed by atoms with van der Waals surface area (Å²) in [6.07, 6.45) is 3.15. The number of H-pyrrole nitrogens is 1. The zero-order valence-corrected chi connectivity index (χ0v) is 14.4. The van der Waals surface area contributed by atoms with Crippen LogP contribution in [0.25, 0.3) is 11.3 Å². The molecule has 0 unspecified atom stereocenters. The lowest BCUT2D eigenvalue weighted by molar-refractivity contribution is 0.0955. The predicted octanol–water partition coefficient (Wildman–Crippen LogP) is 2.86. The minimum Gasteiger partial charge on any atom is -0.497 e. The highest BCUT2D eigenvalue weighted by Crippen LogP contribution is 2.33. The summed E-state index contributed by atoms with van der Waals surface area (Å²) in [7, 11) is 3.18. The lowest BCUT2D eigenvalue weighted by Gasteiger charge is -2.09. The van der Waals surface area contributed by atoms with Gasteiger partial charge in [-0.1, -0.05) is 18.2 Å². The lowest BCUT2D eigenvalue weighted by Crippen LogP contribution is -2.17. The van der Waals surface area contributed by atoms with Crippen LogP contribution in [-0.4, -0.2) is 36.5 Å². The number of aromatic nitrogens is 2. The fraction of sp³-hybridized carbons (Fsp3) is 0.105. The minimum atomic E-state index is -0.283. The van der Waals surface area contributed by atoms with Crippen molar-refractivity contribution in [3.8, 4) is 22.8 Å². The van der Waals surface area contributed by atoms with Crippen molar-refractivity contribution in [2.45, 2.75) is 0 Å². The van der Waals surface area contributed by atoms with Gasteiger partial charge in [0.2, 0.25) is 0 Å². The highest BCUT2D eigenvalue weighted by atomic mass is 16.5. The first kappa shape index (κ1) is 17.2. The normalized spacial score (nSPS) is 10.7. The molecule has 0 spiro atoms. The van der Waals surface area contributed by atoms with Crippen LogP contribution in [0.4, 0.5) is 0 Å². The maximum absolute atomic E-state index is 12.0. The average Bonchev–Trinajstić information content (AvgIpc) is 3.16. The fourth-order valence-electron chi connectivity index (χ4n) is 2.43. The van der Waals surface area contributed by atoms with Crippen LogP contribution in [0.5, 0.6) is 11.5 Å². The summed E-state index contributed by atoms with van der Waals surface area (Å²) in [6.45, 7) is 0. The van der Waals surface area contributed by atoms with E-state index in [2.05, 4.69) is 20.7 Å². The second kappa shape index (κ2) is 7.98. The second-order valence-corrected chi connectivity index (χ2v) is 5.33. The summed E-state index contributed by atoms with van der Waals surface area (Å²) in [5.74, 6) is 1.04. The molecule has 0 bridgehead atoms. The Balaban J connectivity index is 1.80. The first-order valence-corrected chi connectivity index (χ1v) is 7.87. The number of methoxy groups -OCH3 is 2. The molecule has 132 valence electrons. The average molecular weight is 350 g/mol. The van der Waals surface area contributed by atoms with Crippen LogP contribution in [0.15, 0.2) is 59.8 Å². The van der Waals surface area contributed by atoms with Gasteiger partial charge in [-0.05, 0) is 24.3 Å². The van der Waals surface area contributed by atoms with E-state index in [1.807, 2.05) is 18.2 Å². The molecule has 0 saturated heterocycles. The second-order valence-electron chi connectivity index (χ2n) is 5.33. The van der Waals surface area contributed by atoms with E-state index in [0.717, 1.165) is 11.3 Å². The van der Waals surface area contributed by atoms with Gasteiger partial charge in [0.1, 0.15) is 11.5 Å². The summed E-state index contributed by atoms with van der Waals surface area (Å²) in [5.41, 5.74) is 5.28. The van der Waals surface area contributed by atoms with Crippen molar-refractivity contribution in [1.82, 2.24) is 15.6 Å². The third-order valence-electron chi connectivity index (χ3n) is 3.75. The van der Waals surface area contributed by atoms with Crippen molar-refractivity contribution in [2.24, 2.45) is 5.10 Å². The van der Waals surface area contributed by atoms with Crippen molar-refractivity contribution in [1.29, 1.82) is 0 Å². The number of aromatic amines is 1. The predicted molar refractivity (Wildman–Crippen MR) is 98.6 cm³/mol. The Morgan fingerprint density at radius 1 is 1.15 bits per heavy atom. The van der Waals surface area contributed by atoms with E-state index in [9.17, 15) is 4.79 Å². The Bertz CT molecular complexity index is 920. The lowest BCUT2D eigenvalue weighted by atomic mass is 10.1. The third kappa shape index (κ3) is 3.72. The van der Waals surface area contributed by atoms with Crippen LogP contribution in [0.2, 0.25) is 0 Å². The van der Waals surface area contributed by atoms with Crippen LogP contribution in [0.3, 0.4) is 0 Å². The largest absolute Gasteiger partial charge is 0.497 e. The number of carbonyl (C=O) groups excluding carboxylic acids is 1. The number of ether oxygens (including phenoxy) is 2. The summed E-state index contributed by atoms with van der Waals surface area (Å²) < 4.78 is 10.6. The summed E-state index contributed by atoms with van der Waals surface area (Å²) in [6, 6.07) is 14.4. The number of amides is 1. The quantitative estimate of drug-likeness (QED) is 0.528. The topological polar surface area (TPSA) is 88.6 Å². The van der Waals surface area contributed by atoms with Gasteiger partial charge in [0.25, 0.3) is 5.91 Å². The van der Waals surface area contributed by atoms with Crippen molar-refractivity contribution in [3.05, 3.63) is 65.9 Å². The van der Waals surface area contributed by atoms with Crippen molar-refractivity contribution in [2.75, 3.05) is 14.2 Å². The third-order valence-corrected chi connectivity index (χ3v) is 3.75. The molecule has 0 aliphatic heterocycles. The molecule has 7 heteroatoms. The molecule has 1 heterocycles.